The number of hydrogen-bond acceptors (Lipinski definition) is 3. The Morgan fingerprint density at radius 2 is 2.33 bits per heavy atom. The van der Waals surface area contributed by atoms with Gasteiger partial charge in [0.25, 0.3) is 0 Å². The average molecular weight is 328 g/mol. The molecule has 2 aromatic rings. The molecule has 0 N–H and O–H groups in total. The maximum absolute atomic E-state index is 4.66. The predicted molar refractivity (Wildman–Crippen MR) is 79.5 cm³/mol. The Kier molecular flexibility index (Phi) is 3.73. The Balaban J connectivity index is 1.69. The minimum absolute atomic E-state index is 0.639. The lowest BCUT2D eigenvalue weighted by atomic mass is 9.94. The van der Waals surface area contributed by atoms with Gasteiger partial charge in [-0.25, -0.2) is 4.98 Å². The first-order chi connectivity index (χ1) is 8.74. The van der Waals surface area contributed by atoms with Crippen LogP contribution in [0.4, 0.5) is 0 Å². The second-order valence-electron chi connectivity index (χ2n) is 5.11. The van der Waals surface area contributed by atoms with Crippen molar-refractivity contribution in [2.75, 3.05) is 7.05 Å². The molecule has 1 fully saturated rings. The van der Waals surface area contributed by atoms with Crippen molar-refractivity contribution < 1.29 is 0 Å². The Morgan fingerprint density at radius 1 is 1.50 bits per heavy atom. The molecule has 0 amide bonds. The molecule has 0 aliphatic heterocycles. The van der Waals surface area contributed by atoms with Crippen molar-refractivity contribution in [1.29, 1.82) is 0 Å². The lowest BCUT2D eigenvalue weighted by Crippen LogP contribution is -2.40. The van der Waals surface area contributed by atoms with Crippen LogP contribution in [0.5, 0.6) is 0 Å². The van der Waals surface area contributed by atoms with E-state index in [0.717, 1.165) is 11.5 Å². The summed E-state index contributed by atoms with van der Waals surface area (Å²) >= 11 is 5.53. The highest BCUT2D eigenvalue weighted by atomic mass is 79.9. The summed E-state index contributed by atoms with van der Waals surface area (Å²) in [6.07, 6.45) is 9.54. The van der Waals surface area contributed by atoms with Gasteiger partial charge in [0.05, 0.1) is 5.69 Å². The van der Waals surface area contributed by atoms with Crippen LogP contribution in [0.15, 0.2) is 17.8 Å². The quantitative estimate of drug-likeness (QED) is 0.804. The molecule has 18 heavy (non-hydrogen) atoms. The smallest absolute Gasteiger partial charge is 0.193 e. The number of rotatable bonds is 3. The van der Waals surface area contributed by atoms with E-state index in [4.69, 9.17) is 0 Å². The summed E-state index contributed by atoms with van der Waals surface area (Å²) in [7, 11) is 2.22. The molecule has 2 aromatic heterocycles. The third-order valence-corrected chi connectivity index (χ3v) is 5.61. The van der Waals surface area contributed by atoms with Gasteiger partial charge in [-0.3, -0.25) is 9.30 Å². The maximum Gasteiger partial charge on any atom is 0.193 e. The van der Waals surface area contributed by atoms with Crippen molar-refractivity contribution in [1.82, 2.24) is 14.3 Å². The summed E-state index contributed by atoms with van der Waals surface area (Å²) < 4.78 is 2.11. The minimum atomic E-state index is 0.639. The monoisotopic (exact) mass is 327 g/mol. The second kappa shape index (κ2) is 5.31. The van der Waals surface area contributed by atoms with Crippen LogP contribution in [0, 0.1) is 0 Å². The van der Waals surface area contributed by atoms with E-state index in [2.05, 4.69) is 55.0 Å². The normalized spacial score (nSPS) is 25.1. The number of hydrogen-bond donors (Lipinski definition) is 0. The van der Waals surface area contributed by atoms with Crippen molar-refractivity contribution in [2.45, 2.75) is 43.1 Å². The molecular formula is C13H18BrN3S. The van der Waals surface area contributed by atoms with E-state index in [1.807, 2.05) is 0 Å². The fourth-order valence-corrected chi connectivity index (χ4v) is 4.50. The molecule has 0 saturated heterocycles. The van der Waals surface area contributed by atoms with Gasteiger partial charge in [-0.15, -0.1) is 11.3 Å². The summed E-state index contributed by atoms with van der Waals surface area (Å²) in [4.78, 5) is 8.84. The Bertz CT molecular complexity index is 493. The van der Waals surface area contributed by atoms with E-state index in [0.29, 0.717) is 10.9 Å². The summed E-state index contributed by atoms with van der Waals surface area (Å²) in [6, 6.07) is 0.651. The van der Waals surface area contributed by atoms with Crippen LogP contribution in [0.1, 0.15) is 31.4 Å². The lowest BCUT2D eigenvalue weighted by Gasteiger charge is -2.34. The number of nitrogens with zero attached hydrogens (tertiary/aromatic N) is 3. The van der Waals surface area contributed by atoms with E-state index < -0.39 is 0 Å². The van der Waals surface area contributed by atoms with Gasteiger partial charge >= 0.3 is 0 Å². The first-order valence-electron chi connectivity index (χ1n) is 6.49. The van der Waals surface area contributed by atoms with Gasteiger partial charge in [0.2, 0.25) is 0 Å². The summed E-state index contributed by atoms with van der Waals surface area (Å²) in [5.41, 5.74) is 1.18. The fraction of sp³-hybridized carbons (Fsp3) is 0.615. The van der Waals surface area contributed by atoms with Crippen LogP contribution in [0.3, 0.4) is 0 Å². The molecule has 5 heteroatoms. The van der Waals surface area contributed by atoms with Gasteiger partial charge in [-0.05, 0) is 19.9 Å². The Labute approximate surface area is 120 Å². The van der Waals surface area contributed by atoms with E-state index in [1.54, 1.807) is 11.3 Å². The van der Waals surface area contributed by atoms with Crippen LogP contribution in [0.2, 0.25) is 0 Å². The zero-order valence-corrected chi connectivity index (χ0v) is 13.0. The summed E-state index contributed by atoms with van der Waals surface area (Å²) in [5.74, 6) is 0. The highest BCUT2D eigenvalue weighted by molar-refractivity contribution is 9.09. The molecule has 1 aliphatic carbocycles. The highest BCUT2D eigenvalue weighted by Crippen LogP contribution is 2.28. The molecule has 3 rings (SSSR count). The SMILES string of the molecule is CN(Cc1cn2ccsc2n1)C1CCCCC1Br. The molecular weight excluding hydrogens is 310 g/mol. The molecule has 1 saturated carbocycles. The topological polar surface area (TPSA) is 20.5 Å². The van der Waals surface area contributed by atoms with E-state index >= 15 is 0 Å². The van der Waals surface area contributed by atoms with E-state index in [-0.39, 0.29) is 0 Å². The molecule has 3 nitrogen and oxygen atoms in total. The van der Waals surface area contributed by atoms with Crippen LogP contribution in [-0.4, -0.2) is 32.2 Å². The van der Waals surface area contributed by atoms with Gasteiger partial charge in [-0.2, -0.15) is 0 Å². The van der Waals surface area contributed by atoms with Crippen molar-refractivity contribution in [3.8, 4) is 0 Å². The summed E-state index contributed by atoms with van der Waals surface area (Å²) in [6.45, 7) is 0.946. The zero-order valence-electron chi connectivity index (χ0n) is 10.6. The minimum Gasteiger partial charge on any atom is -0.297 e. The average Bonchev–Trinajstić information content (AvgIpc) is 2.90. The highest BCUT2D eigenvalue weighted by Gasteiger charge is 2.26. The molecule has 0 aromatic carbocycles. The Morgan fingerprint density at radius 3 is 3.11 bits per heavy atom. The van der Waals surface area contributed by atoms with Crippen molar-refractivity contribution in [3.63, 3.8) is 0 Å². The largest absolute Gasteiger partial charge is 0.297 e. The van der Waals surface area contributed by atoms with E-state index in [9.17, 15) is 0 Å². The molecule has 0 bridgehead atoms. The maximum atomic E-state index is 4.66. The fourth-order valence-electron chi connectivity index (χ4n) is 2.79. The van der Waals surface area contributed by atoms with Crippen LogP contribution >= 0.6 is 27.3 Å². The zero-order chi connectivity index (χ0) is 12.5. The molecule has 1 aliphatic rings. The lowest BCUT2D eigenvalue weighted by molar-refractivity contribution is 0.191. The van der Waals surface area contributed by atoms with Gasteiger partial charge in [-0.1, -0.05) is 28.8 Å². The Hall–Kier alpha value is -0.390. The molecule has 98 valence electrons. The third-order valence-electron chi connectivity index (χ3n) is 3.77. The molecule has 2 unspecified atom stereocenters. The van der Waals surface area contributed by atoms with Crippen molar-refractivity contribution in [2.24, 2.45) is 0 Å². The second-order valence-corrected chi connectivity index (χ2v) is 7.16. The van der Waals surface area contributed by atoms with Gasteiger partial charge in [0.1, 0.15) is 0 Å². The first-order valence-corrected chi connectivity index (χ1v) is 8.29. The third kappa shape index (κ3) is 2.49. The van der Waals surface area contributed by atoms with Crippen molar-refractivity contribution in [3.05, 3.63) is 23.5 Å². The van der Waals surface area contributed by atoms with Crippen molar-refractivity contribution >= 4 is 32.2 Å². The molecule has 2 atom stereocenters. The number of alkyl halides is 1. The molecule has 0 radical (unpaired) electrons. The van der Waals surface area contributed by atoms with Crippen LogP contribution in [-0.2, 0) is 6.54 Å². The number of imidazole rings is 1. The summed E-state index contributed by atoms with van der Waals surface area (Å²) in [5, 5.41) is 2.07. The number of halogens is 1. The van der Waals surface area contributed by atoms with E-state index in [1.165, 1.54) is 31.4 Å². The number of aromatic nitrogens is 2. The van der Waals surface area contributed by atoms with Gasteiger partial charge < -0.3 is 0 Å². The standard InChI is InChI=1S/C13H18BrN3S/c1-16(12-5-3-2-4-11(12)14)8-10-9-17-6-7-18-13(17)15-10/h6-7,9,11-12H,2-5,8H2,1H3. The number of thiazole rings is 1. The van der Waals surface area contributed by atoms with Crippen LogP contribution in [0.25, 0.3) is 4.96 Å². The number of fused-ring (bicyclic) bond motifs is 1. The van der Waals surface area contributed by atoms with Gasteiger partial charge in [0, 0.05) is 35.2 Å². The molecule has 0 spiro atoms. The van der Waals surface area contributed by atoms with Gasteiger partial charge in [0.15, 0.2) is 4.96 Å². The molecule has 2 heterocycles. The van der Waals surface area contributed by atoms with Crippen LogP contribution < -0.4 is 0 Å². The predicted octanol–water partition coefficient (Wildman–Crippen LogP) is 3.53. The first kappa shape index (κ1) is 12.6.